The van der Waals surface area contributed by atoms with Gasteiger partial charge in [-0.25, -0.2) is 12.7 Å². The van der Waals surface area contributed by atoms with Crippen LogP contribution in [0.15, 0.2) is 12.4 Å². The van der Waals surface area contributed by atoms with Crippen LogP contribution in [0, 0.1) is 11.3 Å². The zero-order chi connectivity index (χ0) is 20.5. The predicted molar refractivity (Wildman–Crippen MR) is 108 cm³/mol. The van der Waals surface area contributed by atoms with Gasteiger partial charge < -0.3 is 4.90 Å². The monoisotopic (exact) mass is 411 g/mol. The van der Waals surface area contributed by atoms with E-state index in [1.165, 1.54) is 0 Å². The number of carbonyl (C=O) groups excluding carboxylic acids is 1. The molecule has 1 aromatic rings. The summed E-state index contributed by atoms with van der Waals surface area (Å²) in [6.07, 6.45) is 5.91. The van der Waals surface area contributed by atoms with Gasteiger partial charge in [-0.2, -0.15) is 5.10 Å². The first-order chi connectivity index (χ1) is 13.2. The van der Waals surface area contributed by atoms with Crippen molar-refractivity contribution in [1.29, 1.82) is 0 Å². The van der Waals surface area contributed by atoms with Crippen molar-refractivity contribution in [3.63, 3.8) is 0 Å². The highest BCUT2D eigenvalue weighted by Gasteiger charge is 2.54. The first-order valence-corrected chi connectivity index (χ1v) is 11.7. The van der Waals surface area contributed by atoms with E-state index in [1.54, 1.807) is 28.0 Å². The third-order valence-corrected chi connectivity index (χ3v) is 8.11. The van der Waals surface area contributed by atoms with E-state index in [1.807, 2.05) is 26.4 Å². The molecule has 9 heteroatoms. The Balaban J connectivity index is 1.86. The Morgan fingerprint density at radius 1 is 1.36 bits per heavy atom. The van der Waals surface area contributed by atoms with Crippen LogP contribution < -0.4 is 0 Å². The van der Waals surface area contributed by atoms with Crippen LogP contribution in [0.3, 0.4) is 0 Å². The standard InChI is InChI=1S/C19H33N5O3S/c1-5-9-28(26,27)24-8-6-7-19(18(25)21(2)3)15-23(13-17(19)14-24)12-16-10-20-22(4)11-16/h10-11,17H,5-9,12-15H2,1-4H3/t17-,19+/m0/s1. The number of hydrogen-bond donors (Lipinski definition) is 0. The van der Waals surface area contributed by atoms with Gasteiger partial charge in [-0.1, -0.05) is 6.92 Å². The van der Waals surface area contributed by atoms with Gasteiger partial charge >= 0.3 is 0 Å². The maximum atomic E-state index is 13.3. The van der Waals surface area contributed by atoms with Gasteiger partial charge in [-0.15, -0.1) is 0 Å². The summed E-state index contributed by atoms with van der Waals surface area (Å²) in [5.41, 5.74) is 0.601. The second-order valence-electron chi connectivity index (χ2n) is 8.52. The van der Waals surface area contributed by atoms with E-state index in [0.29, 0.717) is 26.1 Å². The van der Waals surface area contributed by atoms with Crippen molar-refractivity contribution in [3.8, 4) is 0 Å². The highest BCUT2D eigenvalue weighted by atomic mass is 32.2. The number of aryl methyl sites for hydroxylation is 1. The van der Waals surface area contributed by atoms with Gasteiger partial charge in [0, 0.05) is 71.5 Å². The summed E-state index contributed by atoms with van der Waals surface area (Å²) in [6.45, 7) is 4.97. The van der Waals surface area contributed by atoms with E-state index in [4.69, 9.17) is 0 Å². The van der Waals surface area contributed by atoms with E-state index in [-0.39, 0.29) is 17.6 Å². The van der Waals surface area contributed by atoms with Crippen molar-refractivity contribution in [2.45, 2.75) is 32.7 Å². The minimum Gasteiger partial charge on any atom is -0.348 e. The van der Waals surface area contributed by atoms with Crippen LogP contribution in [0.2, 0.25) is 0 Å². The molecule has 3 heterocycles. The molecule has 1 amide bonds. The van der Waals surface area contributed by atoms with E-state index in [0.717, 1.165) is 31.5 Å². The molecule has 0 aromatic carbocycles. The largest absolute Gasteiger partial charge is 0.348 e. The van der Waals surface area contributed by atoms with Crippen LogP contribution in [-0.4, -0.2) is 84.2 Å². The lowest BCUT2D eigenvalue weighted by Gasteiger charge is -2.34. The van der Waals surface area contributed by atoms with Gasteiger partial charge in [0.2, 0.25) is 15.9 Å². The van der Waals surface area contributed by atoms with Crippen LogP contribution in [-0.2, 0) is 28.4 Å². The minimum absolute atomic E-state index is 0.00759. The van der Waals surface area contributed by atoms with E-state index in [2.05, 4.69) is 10.00 Å². The SMILES string of the molecule is CCCS(=O)(=O)N1CCC[C@@]2(C(=O)N(C)C)CN(Cc3cnn(C)c3)C[C@H]2C1. The normalized spacial score (nSPS) is 26.8. The number of rotatable bonds is 6. The molecule has 0 saturated carbocycles. The van der Waals surface area contributed by atoms with E-state index in [9.17, 15) is 13.2 Å². The van der Waals surface area contributed by atoms with Crippen molar-refractivity contribution in [2.75, 3.05) is 46.0 Å². The molecule has 8 nitrogen and oxygen atoms in total. The number of hydrogen-bond acceptors (Lipinski definition) is 5. The molecule has 0 aliphatic carbocycles. The van der Waals surface area contributed by atoms with Crippen molar-refractivity contribution in [3.05, 3.63) is 18.0 Å². The Kier molecular flexibility index (Phi) is 6.17. The van der Waals surface area contributed by atoms with Gasteiger partial charge in [-0.3, -0.25) is 14.4 Å². The molecule has 2 saturated heterocycles. The molecule has 1 aromatic heterocycles. The van der Waals surface area contributed by atoms with Crippen LogP contribution in [0.25, 0.3) is 0 Å². The van der Waals surface area contributed by atoms with Crippen molar-refractivity contribution < 1.29 is 13.2 Å². The quantitative estimate of drug-likeness (QED) is 0.691. The molecular weight excluding hydrogens is 378 g/mol. The molecule has 0 radical (unpaired) electrons. The van der Waals surface area contributed by atoms with Crippen molar-refractivity contribution in [2.24, 2.45) is 18.4 Å². The molecular formula is C19H33N5O3S. The third-order valence-electron chi connectivity index (χ3n) is 6.07. The van der Waals surface area contributed by atoms with Crippen LogP contribution >= 0.6 is 0 Å². The number of carbonyl (C=O) groups is 1. The lowest BCUT2D eigenvalue weighted by atomic mass is 9.74. The average molecular weight is 412 g/mol. The average Bonchev–Trinajstić information content (AvgIpc) is 3.12. The maximum Gasteiger partial charge on any atom is 0.229 e. The Hall–Kier alpha value is -1.45. The fourth-order valence-corrected chi connectivity index (χ4v) is 6.46. The highest BCUT2D eigenvalue weighted by molar-refractivity contribution is 7.89. The highest BCUT2D eigenvalue weighted by Crippen LogP contribution is 2.44. The molecule has 28 heavy (non-hydrogen) atoms. The lowest BCUT2D eigenvalue weighted by molar-refractivity contribution is -0.141. The number of amides is 1. The number of fused-ring (bicyclic) bond motifs is 1. The number of nitrogens with zero attached hydrogens (tertiary/aromatic N) is 5. The zero-order valence-electron chi connectivity index (χ0n) is 17.5. The smallest absolute Gasteiger partial charge is 0.229 e. The molecule has 2 aliphatic rings. The van der Waals surface area contributed by atoms with Gasteiger partial charge in [0.05, 0.1) is 17.4 Å². The van der Waals surface area contributed by atoms with Crippen LogP contribution in [0.1, 0.15) is 31.7 Å². The summed E-state index contributed by atoms with van der Waals surface area (Å²) in [6, 6.07) is 0. The van der Waals surface area contributed by atoms with Crippen molar-refractivity contribution >= 4 is 15.9 Å². The summed E-state index contributed by atoms with van der Waals surface area (Å²) < 4.78 is 28.9. The molecule has 158 valence electrons. The maximum absolute atomic E-state index is 13.3. The Bertz CT molecular complexity index is 806. The number of sulfonamides is 1. The molecule has 0 unspecified atom stereocenters. The zero-order valence-corrected chi connectivity index (χ0v) is 18.3. The lowest BCUT2D eigenvalue weighted by Crippen LogP contribution is -2.47. The fraction of sp³-hybridized carbons (Fsp3) is 0.789. The van der Waals surface area contributed by atoms with Gasteiger partial charge in [0.25, 0.3) is 0 Å². The Morgan fingerprint density at radius 3 is 2.71 bits per heavy atom. The summed E-state index contributed by atoms with van der Waals surface area (Å²) >= 11 is 0. The van der Waals surface area contributed by atoms with Gasteiger partial charge in [-0.05, 0) is 19.3 Å². The molecule has 0 bridgehead atoms. The molecule has 2 aliphatic heterocycles. The molecule has 2 fully saturated rings. The molecule has 0 spiro atoms. The summed E-state index contributed by atoms with van der Waals surface area (Å²) in [7, 11) is 2.23. The predicted octanol–water partition coefficient (Wildman–Crippen LogP) is 0.762. The van der Waals surface area contributed by atoms with Crippen molar-refractivity contribution in [1.82, 2.24) is 23.9 Å². The van der Waals surface area contributed by atoms with Crippen LogP contribution in [0.4, 0.5) is 0 Å². The third kappa shape index (κ3) is 4.11. The number of aromatic nitrogens is 2. The fourth-order valence-electron chi connectivity index (χ4n) is 4.87. The summed E-state index contributed by atoms with van der Waals surface area (Å²) in [5, 5.41) is 4.24. The topological polar surface area (TPSA) is 78.8 Å². The second kappa shape index (κ2) is 8.12. The molecule has 0 N–H and O–H groups in total. The Morgan fingerprint density at radius 2 is 2.11 bits per heavy atom. The Labute approximate surface area is 168 Å². The second-order valence-corrected chi connectivity index (χ2v) is 10.6. The molecule has 3 rings (SSSR count). The summed E-state index contributed by atoms with van der Waals surface area (Å²) in [4.78, 5) is 17.2. The summed E-state index contributed by atoms with van der Waals surface area (Å²) in [5.74, 6) is 0.308. The van der Waals surface area contributed by atoms with Gasteiger partial charge in [0.1, 0.15) is 0 Å². The van der Waals surface area contributed by atoms with Gasteiger partial charge in [0.15, 0.2) is 0 Å². The van der Waals surface area contributed by atoms with E-state index >= 15 is 0 Å². The molecule has 2 atom stereocenters. The first-order valence-electron chi connectivity index (χ1n) is 10.1. The van der Waals surface area contributed by atoms with E-state index < -0.39 is 15.4 Å². The minimum atomic E-state index is -3.26. The first kappa shape index (κ1) is 21.3. The van der Waals surface area contributed by atoms with Crippen LogP contribution in [0.5, 0.6) is 0 Å². The number of likely N-dealkylation sites (tertiary alicyclic amines) is 1.